The van der Waals surface area contributed by atoms with E-state index in [0.717, 1.165) is 24.1 Å². The Labute approximate surface area is 122 Å². The number of hydrogen-bond donors (Lipinski definition) is 4. The van der Waals surface area contributed by atoms with Crippen LogP contribution in [-0.4, -0.2) is 62.5 Å². The number of rotatable bonds is 5. The highest BCUT2D eigenvalue weighted by atomic mass is 16.4. The summed E-state index contributed by atoms with van der Waals surface area (Å²) < 4.78 is 0. The number of aliphatic hydroxyl groups excluding tert-OH is 1. The van der Waals surface area contributed by atoms with E-state index in [1.54, 1.807) is 6.20 Å². The standard InChI is InChI=1S/C13H20N4O4/c1-8-9(6-15-16-8)3-2-4-14-13(21)17-7-10(18)5-11(17)12(19)20/h6,10-11,18H,2-5,7H2,1H3,(H,14,21)(H,15,16)(H,19,20)/t10?,11-/m0/s1. The van der Waals surface area contributed by atoms with Crippen molar-refractivity contribution in [1.82, 2.24) is 20.4 Å². The molecule has 0 spiro atoms. The van der Waals surface area contributed by atoms with E-state index in [1.165, 1.54) is 4.90 Å². The number of carboxylic acids is 1. The van der Waals surface area contributed by atoms with E-state index < -0.39 is 24.1 Å². The maximum atomic E-state index is 12.0. The lowest BCUT2D eigenvalue weighted by atomic mass is 10.1. The van der Waals surface area contributed by atoms with Gasteiger partial charge in [0, 0.05) is 25.2 Å². The predicted molar refractivity (Wildman–Crippen MR) is 73.8 cm³/mol. The molecule has 0 saturated carbocycles. The molecule has 21 heavy (non-hydrogen) atoms. The van der Waals surface area contributed by atoms with E-state index in [-0.39, 0.29) is 13.0 Å². The SMILES string of the molecule is Cc1[nH]ncc1CCCNC(=O)N1CC(O)C[C@H]1C(=O)O. The molecule has 1 aromatic rings. The van der Waals surface area contributed by atoms with Gasteiger partial charge in [0.25, 0.3) is 0 Å². The lowest BCUT2D eigenvalue weighted by Crippen LogP contribution is -2.46. The quantitative estimate of drug-likeness (QED) is 0.565. The van der Waals surface area contributed by atoms with Crippen LogP contribution in [0.2, 0.25) is 0 Å². The van der Waals surface area contributed by atoms with Crippen LogP contribution < -0.4 is 5.32 Å². The number of urea groups is 1. The van der Waals surface area contributed by atoms with E-state index in [9.17, 15) is 14.7 Å². The first-order valence-corrected chi connectivity index (χ1v) is 6.93. The number of hydrogen-bond acceptors (Lipinski definition) is 4. The summed E-state index contributed by atoms with van der Waals surface area (Å²) in [7, 11) is 0. The van der Waals surface area contributed by atoms with Crippen LogP contribution in [0, 0.1) is 6.92 Å². The molecule has 0 bridgehead atoms. The van der Waals surface area contributed by atoms with Crippen molar-refractivity contribution < 1.29 is 19.8 Å². The van der Waals surface area contributed by atoms with Crippen molar-refractivity contribution >= 4 is 12.0 Å². The molecule has 4 N–H and O–H groups in total. The van der Waals surface area contributed by atoms with E-state index in [0.29, 0.717) is 6.54 Å². The minimum atomic E-state index is -1.09. The average molecular weight is 296 g/mol. The Morgan fingerprint density at radius 3 is 2.95 bits per heavy atom. The summed E-state index contributed by atoms with van der Waals surface area (Å²) in [5.74, 6) is -1.09. The van der Waals surface area contributed by atoms with Crippen LogP contribution in [0.1, 0.15) is 24.1 Å². The van der Waals surface area contributed by atoms with Crippen LogP contribution in [0.15, 0.2) is 6.20 Å². The zero-order valence-electron chi connectivity index (χ0n) is 11.9. The maximum absolute atomic E-state index is 12.0. The Morgan fingerprint density at radius 1 is 1.57 bits per heavy atom. The molecule has 1 unspecified atom stereocenters. The molecule has 0 aliphatic carbocycles. The molecule has 2 atom stereocenters. The van der Waals surface area contributed by atoms with Gasteiger partial charge < -0.3 is 20.4 Å². The monoisotopic (exact) mass is 296 g/mol. The van der Waals surface area contributed by atoms with Crippen molar-refractivity contribution in [2.24, 2.45) is 0 Å². The van der Waals surface area contributed by atoms with Gasteiger partial charge in [-0.1, -0.05) is 0 Å². The summed E-state index contributed by atoms with van der Waals surface area (Å²) in [6, 6.07) is -1.39. The summed E-state index contributed by atoms with van der Waals surface area (Å²) in [6.07, 6.45) is 2.59. The number of aliphatic carboxylic acids is 1. The summed E-state index contributed by atoms with van der Waals surface area (Å²) in [5, 5.41) is 28.0. The topological polar surface area (TPSA) is 119 Å². The van der Waals surface area contributed by atoms with Crippen LogP contribution >= 0.6 is 0 Å². The molecule has 0 radical (unpaired) electrons. The number of aliphatic hydroxyl groups is 1. The number of likely N-dealkylation sites (tertiary alicyclic amines) is 1. The van der Waals surface area contributed by atoms with Crippen molar-refractivity contribution in [3.05, 3.63) is 17.5 Å². The number of aromatic amines is 1. The summed E-state index contributed by atoms with van der Waals surface area (Å²) >= 11 is 0. The van der Waals surface area contributed by atoms with Crippen LogP contribution in [-0.2, 0) is 11.2 Å². The second-order valence-electron chi connectivity index (χ2n) is 5.25. The number of aromatic nitrogens is 2. The third kappa shape index (κ3) is 3.72. The van der Waals surface area contributed by atoms with Gasteiger partial charge in [-0.3, -0.25) is 5.10 Å². The largest absolute Gasteiger partial charge is 0.480 e. The van der Waals surface area contributed by atoms with Gasteiger partial charge in [0.05, 0.1) is 12.3 Å². The number of nitrogens with one attached hydrogen (secondary N) is 2. The molecule has 0 aromatic carbocycles. The molecule has 116 valence electrons. The molecule has 8 heteroatoms. The van der Waals surface area contributed by atoms with Gasteiger partial charge in [-0.05, 0) is 25.3 Å². The highest BCUT2D eigenvalue weighted by Crippen LogP contribution is 2.18. The molecule has 1 aliphatic rings. The predicted octanol–water partition coefficient (Wildman–Crippen LogP) is -0.120. The highest BCUT2D eigenvalue weighted by Gasteiger charge is 2.38. The minimum absolute atomic E-state index is 0.0592. The first-order chi connectivity index (χ1) is 9.99. The molecule has 1 aliphatic heterocycles. The minimum Gasteiger partial charge on any atom is -0.480 e. The molecule has 2 rings (SSSR count). The number of aryl methyl sites for hydroxylation is 2. The molecule has 1 saturated heterocycles. The van der Waals surface area contributed by atoms with Gasteiger partial charge in [-0.2, -0.15) is 5.10 Å². The Kier molecular flexibility index (Phi) is 4.79. The first-order valence-electron chi connectivity index (χ1n) is 6.93. The lowest BCUT2D eigenvalue weighted by Gasteiger charge is -2.21. The maximum Gasteiger partial charge on any atom is 0.326 e. The zero-order chi connectivity index (χ0) is 15.4. The normalized spacial score (nSPS) is 21.5. The second kappa shape index (κ2) is 6.57. The van der Waals surface area contributed by atoms with Gasteiger partial charge in [-0.15, -0.1) is 0 Å². The number of amides is 2. The van der Waals surface area contributed by atoms with Crippen LogP contribution in [0.5, 0.6) is 0 Å². The van der Waals surface area contributed by atoms with E-state index in [4.69, 9.17) is 5.11 Å². The van der Waals surface area contributed by atoms with Crippen LogP contribution in [0.3, 0.4) is 0 Å². The Morgan fingerprint density at radius 2 is 2.33 bits per heavy atom. The van der Waals surface area contributed by atoms with Crippen LogP contribution in [0.4, 0.5) is 4.79 Å². The smallest absolute Gasteiger partial charge is 0.326 e. The summed E-state index contributed by atoms with van der Waals surface area (Å²) in [5.41, 5.74) is 2.11. The van der Waals surface area contributed by atoms with E-state index in [2.05, 4.69) is 15.5 Å². The van der Waals surface area contributed by atoms with E-state index >= 15 is 0 Å². The molecule has 8 nitrogen and oxygen atoms in total. The number of nitrogens with zero attached hydrogens (tertiary/aromatic N) is 2. The molecule has 1 fully saturated rings. The van der Waals surface area contributed by atoms with Crippen molar-refractivity contribution in [3.8, 4) is 0 Å². The van der Waals surface area contributed by atoms with Crippen molar-refractivity contribution in [1.29, 1.82) is 0 Å². The van der Waals surface area contributed by atoms with Crippen molar-refractivity contribution in [2.45, 2.75) is 38.3 Å². The highest BCUT2D eigenvalue weighted by molar-refractivity contribution is 5.83. The van der Waals surface area contributed by atoms with Crippen molar-refractivity contribution in [2.75, 3.05) is 13.1 Å². The van der Waals surface area contributed by atoms with Gasteiger partial charge >= 0.3 is 12.0 Å². The molecular weight excluding hydrogens is 276 g/mol. The number of carbonyl (C=O) groups is 2. The van der Waals surface area contributed by atoms with Crippen LogP contribution in [0.25, 0.3) is 0 Å². The second-order valence-corrected chi connectivity index (χ2v) is 5.25. The number of carbonyl (C=O) groups excluding carboxylic acids is 1. The average Bonchev–Trinajstić information content (AvgIpc) is 3.01. The van der Waals surface area contributed by atoms with Gasteiger partial charge in [0.15, 0.2) is 0 Å². The number of carboxylic acid groups (broad SMARTS) is 1. The zero-order valence-corrected chi connectivity index (χ0v) is 11.9. The molecule has 2 amide bonds. The Hall–Kier alpha value is -2.09. The third-order valence-corrected chi connectivity index (χ3v) is 3.66. The number of β-amino-alcohol motifs (C(OH)–C–C–N with tert-alkyl or cyclic N) is 1. The fourth-order valence-electron chi connectivity index (χ4n) is 2.48. The Balaban J connectivity index is 1.76. The fraction of sp³-hybridized carbons (Fsp3) is 0.615. The summed E-state index contributed by atoms with van der Waals surface area (Å²) in [6.45, 7) is 2.44. The Bertz CT molecular complexity index is 516. The fourth-order valence-corrected chi connectivity index (χ4v) is 2.48. The van der Waals surface area contributed by atoms with Crippen molar-refractivity contribution in [3.63, 3.8) is 0 Å². The number of H-pyrrole nitrogens is 1. The summed E-state index contributed by atoms with van der Waals surface area (Å²) in [4.78, 5) is 24.2. The lowest BCUT2D eigenvalue weighted by molar-refractivity contribution is -0.141. The van der Waals surface area contributed by atoms with Gasteiger partial charge in [0.1, 0.15) is 6.04 Å². The molecule has 1 aromatic heterocycles. The molecular formula is C13H20N4O4. The van der Waals surface area contributed by atoms with Gasteiger partial charge in [-0.25, -0.2) is 9.59 Å². The molecule has 2 heterocycles. The van der Waals surface area contributed by atoms with Gasteiger partial charge in [0.2, 0.25) is 0 Å². The first kappa shape index (κ1) is 15.3. The third-order valence-electron chi connectivity index (χ3n) is 3.66. The van der Waals surface area contributed by atoms with E-state index in [1.807, 2.05) is 6.92 Å².